The average molecular weight is 239 g/mol. The highest BCUT2D eigenvalue weighted by Gasteiger charge is 2.21. The molecule has 0 saturated carbocycles. The van der Waals surface area contributed by atoms with Gasteiger partial charge in [-0.25, -0.2) is 9.18 Å². The van der Waals surface area contributed by atoms with Crippen LogP contribution < -0.4 is 5.32 Å². The van der Waals surface area contributed by atoms with E-state index in [4.69, 9.17) is 4.74 Å². The lowest BCUT2D eigenvalue weighted by molar-refractivity contribution is -0.155. The van der Waals surface area contributed by atoms with Gasteiger partial charge in [-0.1, -0.05) is 0 Å². The predicted molar refractivity (Wildman–Crippen MR) is 65.3 cm³/mol. The average Bonchev–Trinajstić information content (AvgIpc) is 2.19. The lowest BCUT2D eigenvalue weighted by atomic mass is 10.2. The Bertz CT molecular complexity index is 381. The molecule has 4 heteroatoms. The molecule has 0 aliphatic carbocycles. The van der Waals surface area contributed by atoms with Crippen LogP contribution in [-0.4, -0.2) is 17.6 Å². The third-order valence-electron chi connectivity index (χ3n) is 1.99. The number of carbonyl (C=O) groups is 1. The molecule has 1 atom stereocenters. The van der Waals surface area contributed by atoms with Crippen molar-refractivity contribution < 1.29 is 13.9 Å². The zero-order valence-corrected chi connectivity index (χ0v) is 10.6. The lowest BCUT2D eigenvalue weighted by Gasteiger charge is -2.23. The van der Waals surface area contributed by atoms with Gasteiger partial charge in [-0.15, -0.1) is 0 Å². The number of halogens is 1. The summed E-state index contributed by atoms with van der Waals surface area (Å²) in [6.07, 6.45) is 0. The number of carbonyl (C=O) groups excluding carboxylic acids is 1. The molecule has 0 radical (unpaired) electrons. The predicted octanol–water partition coefficient (Wildman–Crippen LogP) is 2.97. The van der Waals surface area contributed by atoms with Crippen LogP contribution >= 0.6 is 0 Å². The van der Waals surface area contributed by atoms with Gasteiger partial charge in [-0.3, -0.25) is 0 Å². The zero-order valence-electron chi connectivity index (χ0n) is 10.6. The first-order valence-electron chi connectivity index (χ1n) is 5.53. The first-order valence-corrected chi connectivity index (χ1v) is 5.53. The van der Waals surface area contributed by atoms with Gasteiger partial charge < -0.3 is 10.1 Å². The van der Waals surface area contributed by atoms with Gasteiger partial charge in [0.1, 0.15) is 17.5 Å². The molecule has 1 unspecified atom stereocenters. The van der Waals surface area contributed by atoms with E-state index < -0.39 is 11.6 Å². The number of nitrogens with one attached hydrogen (secondary N) is 1. The number of hydrogen-bond donors (Lipinski definition) is 1. The van der Waals surface area contributed by atoms with E-state index in [-0.39, 0.29) is 11.8 Å². The van der Waals surface area contributed by atoms with Crippen molar-refractivity contribution in [2.75, 3.05) is 5.32 Å². The molecular formula is C13H18FNO2. The van der Waals surface area contributed by atoms with E-state index >= 15 is 0 Å². The second kappa shape index (κ2) is 5.17. The Morgan fingerprint density at radius 2 is 1.82 bits per heavy atom. The molecule has 0 fully saturated rings. The summed E-state index contributed by atoms with van der Waals surface area (Å²) in [4.78, 5) is 11.7. The fourth-order valence-electron chi connectivity index (χ4n) is 1.25. The van der Waals surface area contributed by atoms with Crippen molar-refractivity contribution in [3.63, 3.8) is 0 Å². The minimum atomic E-state index is -0.504. The molecular weight excluding hydrogens is 221 g/mol. The summed E-state index contributed by atoms with van der Waals surface area (Å²) in [5.41, 5.74) is 0.181. The number of rotatable bonds is 3. The maximum atomic E-state index is 12.7. The normalized spacial score (nSPS) is 13.0. The minimum absolute atomic E-state index is 0.305. The van der Waals surface area contributed by atoms with Crippen LogP contribution in [0.15, 0.2) is 24.3 Å². The Morgan fingerprint density at radius 1 is 1.29 bits per heavy atom. The molecule has 0 bridgehead atoms. The SMILES string of the molecule is CC(Nc1ccc(F)cc1)C(=O)OC(C)(C)C. The molecule has 0 aliphatic rings. The van der Waals surface area contributed by atoms with Gasteiger partial charge in [0.05, 0.1) is 0 Å². The molecule has 0 aliphatic heterocycles. The van der Waals surface area contributed by atoms with Crippen molar-refractivity contribution in [1.82, 2.24) is 0 Å². The molecule has 1 aromatic rings. The molecule has 1 aromatic carbocycles. The van der Waals surface area contributed by atoms with Crippen LogP contribution in [0.2, 0.25) is 0 Å². The summed E-state index contributed by atoms with van der Waals surface area (Å²) in [6, 6.07) is 5.36. The van der Waals surface area contributed by atoms with Crippen molar-refractivity contribution in [2.24, 2.45) is 0 Å². The number of ether oxygens (including phenoxy) is 1. The number of esters is 1. The lowest BCUT2D eigenvalue weighted by Crippen LogP contribution is -2.34. The highest BCUT2D eigenvalue weighted by molar-refractivity contribution is 5.79. The van der Waals surface area contributed by atoms with Crippen molar-refractivity contribution in [1.29, 1.82) is 0 Å². The Hall–Kier alpha value is -1.58. The van der Waals surface area contributed by atoms with Gasteiger partial charge in [0.2, 0.25) is 0 Å². The molecule has 0 spiro atoms. The second-order valence-electron chi connectivity index (χ2n) is 4.91. The standard InChI is InChI=1S/C13H18FNO2/c1-9(12(16)17-13(2,3)4)15-11-7-5-10(14)6-8-11/h5-9,15H,1-4H3. The molecule has 1 rings (SSSR count). The Morgan fingerprint density at radius 3 is 2.29 bits per heavy atom. The largest absolute Gasteiger partial charge is 0.458 e. The highest BCUT2D eigenvalue weighted by atomic mass is 19.1. The Balaban J connectivity index is 2.57. The number of anilines is 1. The zero-order chi connectivity index (χ0) is 13.1. The molecule has 0 heterocycles. The second-order valence-corrected chi connectivity index (χ2v) is 4.91. The third kappa shape index (κ3) is 4.85. The minimum Gasteiger partial charge on any atom is -0.458 e. The summed E-state index contributed by atoms with van der Waals surface area (Å²) in [7, 11) is 0. The van der Waals surface area contributed by atoms with E-state index in [1.54, 1.807) is 19.1 Å². The Kier molecular flexibility index (Phi) is 4.10. The summed E-state index contributed by atoms with van der Waals surface area (Å²) < 4.78 is 17.9. The molecule has 0 saturated heterocycles. The van der Waals surface area contributed by atoms with Gasteiger partial charge in [0, 0.05) is 5.69 Å². The van der Waals surface area contributed by atoms with Crippen LogP contribution in [0, 0.1) is 5.82 Å². The van der Waals surface area contributed by atoms with E-state index in [2.05, 4.69) is 5.32 Å². The molecule has 94 valence electrons. The molecule has 3 nitrogen and oxygen atoms in total. The van der Waals surface area contributed by atoms with Crippen LogP contribution in [0.3, 0.4) is 0 Å². The Labute approximate surface area is 101 Å². The van der Waals surface area contributed by atoms with Crippen molar-refractivity contribution >= 4 is 11.7 Å². The van der Waals surface area contributed by atoms with E-state index in [0.717, 1.165) is 0 Å². The monoisotopic (exact) mass is 239 g/mol. The summed E-state index contributed by atoms with van der Waals surface area (Å²) in [5, 5.41) is 2.95. The fraction of sp³-hybridized carbons (Fsp3) is 0.462. The quantitative estimate of drug-likeness (QED) is 0.824. The molecule has 0 amide bonds. The molecule has 1 N–H and O–H groups in total. The van der Waals surface area contributed by atoms with E-state index in [1.165, 1.54) is 12.1 Å². The maximum absolute atomic E-state index is 12.7. The topological polar surface area (TPSA) is 38.3 Å². The third-order valence-corrected chi connectivity index (χ3v) is 1.99. The van der Waals surface area contributed by atoms with Crippen LogP contribution in [0.5, 0.6) is 0 Å². The number of hydrogen-bond acceptors (Lipinski definition) is 3. The maximum Gasteiger partial charge on any atom is 0.328 e. The van der Waals surface area contributed by atoms with Crippen molar-refractivity contribution in [2.45, 2.75) is 39.3 Å². The first-order chi connectivity index (χ1) is 7.78. The van der Waals surface area contributed by atoms with Gasteiger partial charge in [0.25, 0.3) is 0 Å². The van der Waals surface area contributed by atoms with Gasteiger partial charge in [-0.05, 0) is 52.0 Å². The summed E-state index contributed by atoms with van der Waals surface area (Å²) in [5.74, 6) is -0.637. The van der Waals surface area contributed by atoms with Crippen molar-refractivity contribution in [3.8, 4) is 0 Å². The van der Waals surface area contributed by atoms with Gasteiger partial charge >= 0.3 is 5.97 Å². The smallest absolute Gasteiger partial charge is 0.328 e. The van der Waals surface area contributed by atoms with Crippen LogP contribution in [0.4, 0.5) is 10.1 Å². The first kappa shape index (κ1) is 13.5. The summed E-state index contributed by atoms with van der Waals surface area (Å²) in [6.45, 7) is 7.15. The fourth-order valence-corrected chi connectivity index (χ4v) is 1.25. The molecule has 17 heavy (non-hydrogen) atoms. The van der Waals surface area contributed by atoms with Crippen LogP contribution in [-0.2, 0) is 9.53 Å². The summed E-state index contributed by atoms with van der Waals surface area (Å²) >= 11 is 0. The van der Waals surface area contributed by atoms with Gasteiger partial charge in [-0.2, -0.15) is 0 Å². The van der Waals surface area contributed by atoms with E-state index in [9.17, 15) is 9.18 Å². The van der Waals surface area contributed by atoms with Crippen LogP contribution in [0.25, 0.3) is 0 Å². The number of benzene rings is 1. The van der Waals surface area contributed by atoms with E-state index in [1.807, 2.05) is 20.8 Å². The van der Waals surface area contributed by atoms with Gasteiger partial charge in [0.15, 0.2) is 0 Å². The van der Waals surface area contributed by atoms with Crippen molar-refractivity contribution in [3.05, 3.63) is 30.1 Å². The van der Waals surface area contributed by atoms with E-state index in [0.29, 0.717) is 5.69 Å². The molecule has 0 aromatic heterocycles. The van der Waals surface area contributed by atoms with Crippen LogP contribution in [0.1, 0.15) is 27.7 Å². The highest BCUT2D eigenvalue weighted by Crippen LogP contribution is 2.13.